The molecule has 1 aromatic heterocycles. The van der Waals surface area contributed by atoms with Crippen molar-refractivity contribution < 1.29 is 9.52 Å². The van der Waals surface area contributed by atoms with Crippen molar-refractivity contribution in [2.75, 3.05) is 0 Å². The average Bonchev–Trinajstić information content (AvgIpc) is 3.47. The second-order valence-corrected chi connectivity index (χ2v) is 13.1. The lowest BCUT2D eigenvalue weighted by atomic mass is 9.86. The van der Waals surface area contributed by atoms with Gasteiger partial charge in [0, 0.05) is 17.3 Å². The van der Waals surface area contributed by atoms with Gasteiger partial charge in [-0.15, -0.1) is 0 Å². The largest absolute Gasteiger partial charge is 0.507 e. The molecule has 0 saturated heterocycles. The number of hydrogen-bond donors (Lipinski definition) is 1. The Hall–Kier alpha value is -5.48. The third-order valence-electron chi connectivity index (χ3n) is 8.50. The molecule has 0 aliphatic heterocycles. The number of benzene rings is 6. The molecule has 0 bridgehead atoms. The number of para-hydroxylation sites is 1. The molecule has 0 saturated carbocycles. The van der Waals surface area contributed by atoms with Gasteiger partial charge in [-0.2, -0.15) is 0 Å². The van der Waals surface area contributed by atoms with Crippen LogP contribution < -0.4 is 0 Å². The van der Waals surface area contributed by atoms with Crippen LogP contribution in [0.1, 0.15) is 43.0 Å². The number of phenols is 1. The van der Waals surface area contributed by atoms with Gasteiger partial charge in [0.05, 0.1) is 11.3 Å². The predicted octanol–water partition coefficient (Wildman–Crippen LogP) is 11.4. The fourth-order valence-electron chi connectivity index (χ4n) is 6.15. The predicted molar refractivity (Wildman–Crippen MR) is 191 cm³/mol. The number of aromatic nitrogens is 1. The van der Waals surface area contributed by atoms with E-state index in [-0.39, 0.29) is 11.2 Å². The smallest absolute Gasteiger partial charge is 0.229 e. The Kier molecular flexibility index (Phi) is 7.29. The minimum Gasteiger partial charge on any atom is -0.507 e. The second kappa shape index (κ2) is 11.5. The van der Waals surface area contributed by atoms with Gasteiger partial charge in [0.1, 0.15) is 11.3 Å². The molecule has 4 nitrogen and oxygen atoms in total. The Balaban J connectivity index is 1.40. The first-order valence-corrected chi connectivity index (χ1v) is 15.6. The normalized spacial score (nSPS) is 12.0. The van der Waals surface area contributed by atoms with Crippen LogP contribution in [0.3, 0.4) is 0 Å². The highest BCUT2D eigenvalue weighted by Crippen LogP contribution is 2.40. The summed E-state index contributed by atoms with van der Waals surface area (Å²) in [5, 5.41) is 12.9. The molecule has 0 spiro atoms. The Labute approximate surface area is 269 Å². The lowest BCUT2D eigenvalue weighted by Gasteiger charge is -2.19. The van der Waals surface area contributed by atoms with Gasteiger partial charge >= 0.3 is 0 Å². The van der Waals surface area contributed by atoms with E-state index in [9.17, 15) is 5.11 Å². The van der Waals surface area contributed by atoms with Crippen molar-refractivity contribution >= 4 is 33.8 Å². The van der Waals surface area contributed by atoms with E-state index >= 15 is 0 Å². The number of aliphatic imine (C=N–C) groups is 1. The molecule has 0 atom stereocenters. The van der Waals surface area contributed by atoms with Crippen LogP contribution in [-0.2, 0) is 5.41 Å². The van der Waals surface area contributed by atoms with Gasteiger partial charge in [0.25, 0.3) is 0 Å². The molecule has 1 N–H and O–H groups in total. The maximum absolute atomic E-state index is 10.6. The summed E-state index contributed by atoms with van der Waals surface area (Å²) >= 11 is 0. The quantitative estimate of drug-likeness (QED) is 0.200. The van der Waals surface area contributed by atoms with Crippen molar-refractivity contribution in [3.63, 3.8) is 0 Å². The summed E-state index contributed by atoms with van der Waals surface area (Å²) in [6.45, 7) is 10.7. The highest BCUT2D eigenvalue weighted by molar-refractivity contribution is 6.05. The minimum absolute atomic E-state index is 0.0514. The Morgan fingerprint density at radius 2 is 1.39 bits per heavy atom. The molecule has 7 rings (SSSR count). The van der Waals surface area contributed by atoms with E-state index in [1.165, 1.54) is 16.5 Å². The summed E-state index contributed by atoms with van der Waals surface area (Å²) in [5.41, 5.74) is 11.5. The molecule has 7 aromatic rings. The van der Waals surface area contributed by atoms with Crippen LogP contribution in [0.2, 0.25) is 0 Å². The first-order valence-electron chi connectivity index (χ1n) is 15.6. The lowest BCUT2D eigenvalue weighted by molar-refractivity contribution is 0.473. The molecule has 0 amide bonds. The minimum atomic E-state index is -0.0514. The van der Waals surface area contributed by atoms with E-state index in [4.69, 9.17) is 14.4 Å². The number of aryl methyl sites for hydroxylation is 2. The molecule has 0 aliphatic rings. The number of nitrogens with zero attached hydrogens (tertiary/aromatic N) is 2. The Morgan fingerprint density at radius 1 is 0.696 bits per heavy atom. The van der Waals surface area contributed by atoms with Gasteiger partial charge in [0.2, 0.25) is 5.89 Å². The van der Waals surface area contributed by atoms with Crippen LogP contribution in [0, 0.1) is 13.8 Å². The zero-order chi connectivity index (χ0) is 32.0. The number of hydrogen-bond acceptors (Lipinski definition) is 4. The molecule has 0 aliphatic carbocycles. The van der Waals surface area contributed by atoms with Crippen LogP contribution in [0.25, 0.3) is 55.6 Å². The van der Waals surface area contributed by atoms with Crippen LogP contribution in [0.15, 0.2) is 125 Å². The van der Waals surface area contributed by atoms with Crippen LogP contribution in [-0.4, -0.2) is 16.3 Å². The average molecular weight is 601 g/mol. The topological polar surface area (TPSA) is 58.6 Å². The standard InChI is InChI=1S/C42H36N2O2/c1-26-19-27(2)21-29(20-26)30-23-36(34-15-10-12-28-11-6-7-13-33(28)34)40-39(24-30)46-41(44-40)35-14-8-9-16-37(35)43-25-31-22-32(42(3,4)5)17-18-38(31)45/h6-25,45H,1-5H3. The molecule has 226 valence electrons. The van der Waals surface area contributed by atoms with E-state index in [1.54, 1.807) is 12.3 Å². The van der Waals surface area contributed by atoms with E-state index < -0.39 is 0 Å². The van der Waals surface area contributed by atoms with Crippen molar-refractivity contribution in [1.29, 1.82) is 0 Å². The van der Waals surface area contributed by atoms with Crippen LogP contribution in [0.4, 0.5) is 5.69 Å². The first-order chi connectivity index (χ1) is 22.1. The molecule has 0 radical (unpaired) electrons. The number of oxazole rings is 1. The van der Waals surface area contributed by atoms with Gasteiger partial charge in [-0.05, 0) is 88.7 Å². The summed E-state index contributed by atoms with van der Waals surface area (Å²) < 4.78 is 6.60. The van der Waals surface area contributed by atoms with Crippen molar-refractivity contribution in [2.24, 2.45) is 4.99 Å². The van der Waals surface area contributed by atoms with Gasteiger partial charge in [-0.3, -0.25) is 4.99 Å². The number of rotatable bonds is 5. The van der Waals surface area contributed by atoms with Gasteiger partial charge < -0.3 is 9.52 Å². The van der Waals surface area contributed by atoms with Gasteiger partial charge in [-0.25, -0.2) is 4.98 Å². The van der Waals surface area contributed by atoms with E-state index in [0.717, 1.165) is 44.3 Å². The van der Waals surface area contributed by atoms with Crippen molar-refractivity contribution in [1.82, 2.24) is 4.98 Å². The van der Waals surface area contributed by atoms with E-state index in [0.29, 0.717) is 22.7 Å². The summed E-state index contributed by atoms with van der Waals surface area (Å²) in [4.78, 5) is 9.95. The van der Waals surface area contributed by atoms with E-state index in [1.807, 2.05) is 36.4 Å². The highest BCUT2D eigenvalue weighted by atomic mass is 16.3. The second-order valence-electron chi connectivity index (χ2n) is 13.1. The molecule has 4 heteroatoms. The summed E-state index contributed by atoms with van der Waals surface area (Å²) in [5.74, 6) is 0.684. The monoisotopic (exact) mass is 600 g/mol. The highest BCUT2D eigenvalue weighted by Gasteiger charge is 2.19. The fraction of sp³-hybridized carbons (Fsp3) is 0.143. The van der Waals surface area contributed by atoms with Crippen LogP contribution in [0.5, 0.6) is 5.75 Å². The summed E-state index contributed by atoms with van der Waals surface area (Å²) in [6.07, 6.45) is 1.71. The zero-order valence-corrected chi connectivity index (χ0v) is 26.8. The summed E-state index contributed by atoms with van der Waals surface area (Å²) in [6, 6.07) is 39.3. The Bertz CT molecular complexity index is 2260. The molecular formula is C42H36N2O2. The number of fused-ring (bicyclic) bond motifs is 2. The third-order valence-corrected chi connectivity index (χ3v) is 8.50. The molecule has 1 heterocycles. The van der Waals surface area contributed by atoms with E-state index in [2.05, 4.69) is 107 Å². The SMILES string of the molecule is Cc1cc(C)cc(-c2cc(-c3cccc4ccccc34)c3nc(-c4ccccc4N=Cc4cc(C(C)(C)C)ccc4O)oc3c2)c1. The first kappa shape index (κ1) is 29.2. The third kappa shape index (κ3) is 5.59. The molecule has 0 unspecified atom stereocenters. The molecule has 0 fully saturated rings. The van der Waals surface area contributed by atoms with Gasteiger partial charge in [-0.1, -0.05) is 111 Å². The van der Waals surface area contributed by atoms with Crippen molar-refractivity contribution in [3.8, 4) is 39.5 Å². The molecule has 6 aromatic carbocycles. The summed E-state index contributed by atoms with van der Waals surface area (Å²) in [7, 11) is 0. The van der Waals surface area contributed by atoms with Crippen molar-refractivity contribution in [2.45, 2.75) is 40.0 Å². The Morgan fingerprint density at radius 3 is 2.20 bits per heavy atom. The number of aromatic hydroxyl groups is 1. The molecule has 46 heavy (non-hydrogen) atoms. The maximum atomic E-state index is 10.6. The zero-order valence-electron chi connectivity index (χ0n) is 26.8. The van der Waals surface area contributed by atoms with Crippen molar-refractivity contribution in [3.05, 3.63) is 138 Å². The maximum Gasteiger partial charge on any atom is 0.229 e. The lowest BCUT2D eigenvalue weighted by Crippen LogP contribution is -2.11. The number of phenolic OH excluding ortho intramolecular Hbond substituents is 1. The fourth-order valence-corrected chi connectivity index (χ4v) is 6.15. The molecular weight excluding hydrogens is 564 g/mol. The van der Waals surface area contributed by atoms with Gasteiger partial charge in [0.15, 0.2) is 5.58 Å². The van der Waals surface area contributed by atoms with Crippen LogP contribution >= 0.6 is 0 Å².